The van der Waals surface area contributed by atoms with Gasteiger partial charge in [-0.1, -0.05) is 6.07 Å². The number of tetrazole rings is 1. The van der Waals surface area contributed by atoms with Gasteiger partial charge in [-0.05, 0) is 41.5 Å². The van der Waals surface area contributed by atoms with Crippen LogP contribution < -0.4 is 0 Å². The molecule has 0 atom stereocenters. The highest BCUT2D eigenvalue weighted by Crippen LogP contribution is 2.15. The number of likely N-dealkylation sites (tertiary alicyclic amines) is 1. The Labute approximate surface area is 104 Å². The Morgan fingerprint density at radius 3 is 2.78 bits per heavy atom. The van der Waals surface area contributed by atoms with Crippen LogP contribution in [0, 0.1) is 0 Å². The normalized spacial score (nSPS) is 15.0. The van der Waals surface area contributed by atoms with Gasteiger partial charge < -0.3 is 4.90 Å². The molecule has 1 aromatic carbocycles. The quantitative estimate of drug-likeness (QED) is 0.786. The second-order valence-corrected chi connectivity index (χ2v) is 4.30. The van der Waals surface area contributed by atoms with Crippen LogP contribution in [0.25, 0.3) is 5.69 Å². The molecule has 6 heteroatoms. The predicted octanol–water partition coefficient (Wildman–Crippen LogP) is 0.898. The van der Waals surface area contributed by atoms with Gasteiger partial charge in [0, 0.05) is 18.7 Å². The molecule has 0 unspecified atom stereocenters. The van der Waals surface area contributed by atoms with Gasteiger partial charge in [-0.3, -0.25) is 4.79 Å². The van der Waals surface area contributed by atoms with Crippen LogP contribution >= 0.6 is 0 Å². The van der Waals surface area contributed by atoms with E-state index in [2.05, 4.69) is 15.5 Å². The molecule has 1 fully saturated rings. The second-order valence-electron chi connectivity index (χ2n) is 4.30. The average Bonchev–Trinajstić information content (AvgIpc) is 3.11. The van der Waals surface area contributed by atoms with E-state index in [0.29, 0.717) is 5.56 Å². The van der Waals surface area contributed by atoms with E-state index in [-0.39, 0.29) is 5.91 Å². The van der Waals surface area contributed by atoms with Gasteiger partial charge >= 0.3 is 0 Å². The van der Waals surface area contributed by atoms with Crippen molar-refractivity contribution in [2.45, 2.75) is 12.8 Å². The molecule has 0 bridgehead atoms. The third-order valence-electron chi connectivity index (χ3n) is 3.10. The number of hydrogen-bond acceptors (Lipinski definition) is 4. The third kappa shape index (κ3) is 1.97. The van der Waals surface area contributed by atoms with Crippen LogP contribution in [0.1, 0.15) is 23.2 Å². The monoisotopic (exact) mass is 243 g/mol. The SMILES string of the molecule is O=C(c1cccc(-n2cnnn2)c1)N1CCCC1. The van der Waals surface area contributed by atoms with Crippen LogP contribution in [0.2, 0.25) is 0 Å². The van der Waals surface area contributed by atoms with Crippen LogP contribution in [0.15, 0.2) is 30.6 Å². The first-order chi connectivity index (χ1) is 8.84. The fourth-order valence-electron chi connectivity index (χ4n) is 2.16. The summed E-state index contributed by atoms with van der Waals surface area (Å²) in [6, 6.07) is 7.36. The molecule has 0 radical (unpaired) electrons. The number of carbonyl (C=O) groups is 1. The largest absolute Gasteiger partial charge is 0.339 e. The van der Waals surface area contributed by atoms with Crippen molar-refractivity contribution < 1.29 is 4.79 Å². The third-order valence-corrected chi connectivity index (χ3v) is 3.10. The van der Waals surface area contributed by atoms with Gasteiger partial charge in [0.2, 0.25) is 0 Å². The Hall–Kier alpha value is -2.24. The maximum Gasteiger partial charge on any atom is 0.253 e. The summed E-state index contributed by atoms with van der Waals surface area (Å²) < 4.78 is 1.54. The van der Waals surface area contributed by atoms with Crippen molar-refractivity contribution in [2.24, 2.45) is 0 Å². The number of hydrogen-bond donors (Lipinski definition) is 0. The Morgan fingerprint density at radius 2 is 2.06 bits per heavy atom. The molecule has 0 spiro atoms. The predicted molar refractivity (Wildman–Crippen MR) is 64.3 cm³/mol. The number of aromatic nitrogens is 4. The topological polar surface area (TPSA) is 63.9 Å². The van der Waals surface area contributed by atoms with Gasteiger partial charge in [-0.15, -0.1) is 5.10 Å². The van der Waals surface area contributed by atoms with E-state index in [1.807, 2.05) is 29.2 Å². The van der Waals surface area contributed by atoms with E-state index in [1.54, 1.807) is 4.68 Å². The number of amides is 1. The van der Waals surface area contributed by atoms with Crippen molar-refractivity contribution in [3.05, 3.63) is 36.2 Å². The number of carbonyl (C=O) groups excluding carboxylic acids is 1. The van der Waals surface area contributed by atoms with Gasteiger partial charge in [0.1, 0.15) is 6.33 Å². The van der Waals surface area contributed by atoms with E-state index < -0.39 is 0 Å². The van der Waals surface area contributed by atoms with Crippen LogP contribution in [0.4, 0.5) is 0 Å². The first-order valence-corrected chi connectivity index (χ1v) is 5.97. The lowest BCUT2D eigenvalue weighted by molar-refractivity contribution is 0.0793. The van der Waals surface area contributed by atoms with Crippen molar-refractivity contribution >= 4 is 5.91 Å². The lowest BCUT2D eigenvalue weighted by Crippen LogP contribution is -2.27. The zero-order chi connectivity index (χ0) is 12.4. The highest BCUT2D eigenvalue weighted by molar-refractivity contribution is 5.94. The number of benzene rings is 1. The smallest absolute Gasteiger partial charge is 0.253 e. The maximum absolute atomic E-state index is 12.2. The van der Waals surface area contributed by atoms with Crippen molar-refractivity contribution in [3.63, 3.8) is 0 Å². The molecule has 0 saturated carbocycles. The summed E-state index contributed by atoms with van der Waals surface area (Å²) in [5.74, 6) is 0.0856. The molecule has 3 rings (SSSR count). The molecular formula is C12H13N5O. The standard InChI is InChI=1S/C12H13N5O/c18-12(16-6-1-2-7-16)10-4-3-5-11(8-10)17-9-13-14-15-17/h3-5,8-9H,1-2,6-7H2. The fourth-order valence-corrected chi connectivity index (χ4v) is 2.16. The lowest BCUT2D eigenvalue weighted by Gasteiger charge is -2.15. The first kappa shape index (κ1) is 10.9. The molecule has 0 aliphatic carbocycles. The molecule has 1 aliphatic heterocycles. The zero-order valence-electron chi connectivity index (χ0n) is 9.86. The Balaban J connectivity index is 1.89. The van der Waals surface area contributed by atoms with Crippen molar-refractivity contribution in [1.82, 2.24) is 25.1 Å². The minimum atomic E-state index is 0.0856. The van der Waals surface area contributed by atoms with Crippen LogP contribution in [0.3, 0.4) is 0 Å². The highest BCUT2D eigenvalue weighted by atomic mass is 16.2. The van der Waals surface area contributed by atoms with Gasteiger partial charge in [-0.2, -0.15) is 0 Å². The Bertz CT molecular complexity index is 545. The van der Waals surface area contributed by atoms with Crippen molar-refractivity contribution in [1.29, 1.82) is 0 Å². The molecule has 1 saturated heterocycles. The summed E-state index contributed by atoms with van der Waals surface area (Å²) in [6.07, 6.45) is 3.70. The molecule has 0 N–H and O–H groups in total. The number of rotatable bonds is 2. The van der Waals surface area contributed by atoms with E-state index in [4.69, 9.17) is 0 Å². The van der Waals surface area contributed by atoms with Crippen LogP contribution in [0.5, 0.6) is 0 Å². The first-order valence-electron chi connectivity index (χ1n) is 5.97. The van der Waals surface area contributed by atoms with Gasteiger partial charge in [-0.25, -0.2) is 4.68 Å². The summed E-state index contributed by atoms with van der Waals surface area (Å²) in [4.78, 5) is 14.1. The molecular weight excluding hydrogens is 230 g/mol. The van der Waals surface area contributed by atoms with Gasteiger partial charge in [0.25, 0.3) is 5.91 Å². The highest BCUT2D eigenvalue weighted by Gasteiger charge is 2.19. The molecule has 2 heterocycles. The molecule has 1 aromatic heterocycles. The Morgan fingerprint density at radius 1 is 1.22 bits per heavy atom. The van der Waals surface area contributed by atoms with Crippen molar-refractivity contribution in [3.8, 4) is 5.69 Å². The second kappa shape index (κ2) is 4.56. The summed E-state index contributed by atoms with van der Waals surface area (Å²) >= 11 is 0. The average molecular weight is 243 g/mol. The van der Waals surface area contributed by atoms with E-state index in [0.717, 1.165) is 31.6 Å². The molecule has 92 valence electrons. The number of nitrogens with zero attached hydrogens (tertiary/aromatic N) is 5. The fraction of sp³-hybridized carbons (Fsp3) is 0.333. The summed E-state index contributed by atoms with van der Waals surface area (Å²) in [6.45, 7) is 1.71. The summed E-state index contributed by atoms with van der Waals surface area (Å²) in [7, 11) is 0. The molecule has 1 amide bonds. The molecule has 2 aromatic rings. The van der Waals surface area contributed by atoms with Crippen molar-refractivity contribution in [2.75, 3.05) is 13.1 Å². The van der Waals surface area contributed by atoms with Gasteiger partial charge in [0.05, 0.1) is 5.69 Å². The maximum atomic E-state index is 12.2. The summed E-state index contributed by atoms with van der Waals surface area (Å²) in [5, 5.41) is 11.0. The van der Waals surface area contributed by atoms with E-state index in [1.165, 1.54) is 6.33 Å². The minimum Gasteiger partial charge on any atom is -0.339 e. The Kier molecular flexibility index (Phi) is 2.76. The molecule has 18 heavy (non-hydrogen) atoms. The van der Waals surface area contributed by atoms with Crippen LogP contribution in [-0.4, -0.2) is 44.1 Å². The minimum absolute atomic E-state index is 0.0856. The zero-order valence-corrected chi connectivity index (χ0v) is 9.86. The summed E-state index contributed by atoms with van der Waals surface area (Å²) in [5.41, 5.74) is 1.48. The van der Waals surface area contributed by atoms with Crippen LogP contribution in [-0.2, 0) is 0 Å². The molecule has 6 nitrogen and oxygen atoms in total. The van der Waals surface area contributed by atoms with Gasteiger partial charge in [0.15, 0.2) is 0 Å². The van der Waals surface area contributed by atoms with E-state index >= 15 is 0 Å². The van der Waals surface area contributed by atoms with E-state index in [9.17, 15) is 4.79 Å². The lowest BCUT2D eigenvalue weighted by atomic mass is 10.2. The molecule has 1 aliphatic rings.